The number of esters is 1. The second-order valence-corrected chi connectivity index (χ2v) is 12.0. The molecule has 4 aliphatic carbocycles. The van der Waals surface area contributed by atoms with E-state index in [1.807, 2.05) is 29.8 Å². The van der Waals surface area contributed by atoms with Gasteiger partial charge in [0.25, 0.3) is 0 Å². The van der Waals surface area contributed by atoms with Crippen LogP contribution in [0.4, 0.5) is 11.4 Å². The minimum atomic E-state index is -0.354. The maximum absolute atomic E-state index is 12.3. The summed E-state index contributed by atoms with van der Waals surface area (Å²) in [6.07, 6.45) is 10.0. The van der Waals surface area contributed by atoms with Crippen LogP contribution in [0.3, 0.4) is 0 Å². The van der Waals surface area contributed by atoms with E-state index >= 15 is 0 Å². The van der Waals surface area contributed by atoms with Crippen molar-refractivity contribution >= 4 is 28.4 Å². The smallest absolute Gasteiger partial charge is 0.340 e. The van der Waals surface area contributed by atoms with Crippen LogP contribution in [0, 0.1) is 17.8 Å². The average molecular weight is 506 g/mol. The maximum Gasteiger partial charge on any atom is 0.340 e. The zero-order chi connectivity index (χ0) is 25.9. The molecule has 1 heterocycles. The van der Waals surface area contributed by atoms with Gasteiger partial charge in [0.15, 0.2) is 0 Å². The number of para-hydroxylation sites is 1. The number of hydrogen-bond acceptors (Lipinski definition) is 4. The highest BCUT2D eigenvalue weighted by Gasteiger charge is 2.48. The molecule has 4 saturated carbocycles. The first-order valence-corrected chi connectivity index (χ1v) is 14.0. The molecule has 194 valence electrons. The Labute approximate surface area is 224 Å². The SMILES string of the molecule is COC(=O)c1cccc2nc(-c3cccc(Nc4ccc(C56CCC7CC(CC(C7)C5)C6)cc4)c3)n(C)c12. The van der Waals surface area contributed by atoms with Crippen molar-refractivity contribution in [3.8, 4) is 11.4 Å². The summed E-state index contributed by atoms with van der Waals surface area (Å²) in [6, 6.07) is 23.2. The molecule has 0 spiro atoms. The van der Waals surface area contributed by atoms with Crippen molar-refractivity contribution in [3.63, 3.8) is 0 Å². The standard InChI is InChI=1S/C33H35N3O2/c1-36-30-28(32(37)38-2)7-4-8-29(30)35-31(36)24-5-3-6-27(18-24)34-26-11-9-25(10-12-26)33-14-13-21-15-22(19-33)17-23(16-21)20-33/h3-12,18,21-23,34H,13-17,19-20H2,1-2H3. The number of aromatic nitrogens is 2. The van der Waals surface area contributed by atoms with Crippen LogP contribution >= 0.6 is 0 Å². The molecule has 1 aromatic heterocycles. The second kappa shape index (κ2) is 9.00. The Hall–Kier alpha value is -3.60. The summed E-state index contributed by atoms with van der Waals surface area (Å²) < 4.78 is 6.97. The molecule has 4 aromatic rings. The number of carbonyl (C=O) groups is 1. The molecule has 5 heteroatoms. The van der Waals surface area contributed by atoms with E-state index in [0.717, 1.165) is 51.5 Å². The highest BCUT2D eigenvalue weighted by atomic mass is 16.5. The van der Waals surface area contributed by atoms with E-state index in [4.69, 9.17) is 9.72 Å². The van der Waals surface area contributed by atoms with Gasteiger partial charge in [0, 0.05) is 24.0 Å². The van der Waals surface area contributed by atoms with Gasteiger partial charge in [-0.05, 0) is 110 Å². The van der Waals surface area contributed by atoms with E-state index in [-0.39, 0.29) is 5.97 Å². The van der Waals surface area contributed by atoms with Gasteiger partial charge in [-0.2, -0.15) is 0 Å². The van der Waals surface area contributed by atoms with Crippen molar-refractivity contribution < 1.29 is 9.53 Å². The Kier molecular flexibility index (Phi) is 5.57. The predicted molar refractivity (Wildman–Crippen MR) is 152 cm³/mol. The molecule has 8 rings (SSSR count). The molecule has 1 N–H and O–H groups in total. The van der Waals surface area contributed by atoms with Crippen LogP contribution in [0.1, 0.15) is 60.9 Å². The summed E-state index contributed by atoms with van der Waals surface area (Å²) in [5, 5.41) is 3.61. The fourth-order valence-corrected chi connectivity index (χ4v) is 8.14. The lowest BCUT2D eigenvalue weighted by Gasteiger charge is -2.45. The van der Waals surface area contributed by atoms with Gasteiger partial charge >= 0.3 is 5.97 Å². The van der Waals surface area contributed by atoms with E-state index < -0.39 is 0 Å². The number of carbonyl (C=O) groups excluding carboxylic acids is 1. The quantitative estimate of drug-likeness (QED) is 0.283. The van der Waals surface area contributed by atoms with Gasteiger partial charge in [-0.25, -0.2) is 9.78 Å². The number of rotatable bonds is 5. The van der Waals surface area contributed by atoms with Gasteiger partial charge in [0.1, 0.15) is 5.82 Å². The molecule has 2 atom stereocenters. The minimum Gasteiger partial charge on any atom is -0.465 e. The Morgan fingerprint density at radius 3 is 2.45 bits per heavy atom. The largest absolute Gasteiger partial charge is 0.465 e. The van der Waals surface area contributed by atoms with Crippen LogP contribution < -0.4 is 5.32 Å². The molecule has 2 unspecified atom stereocenters. The van der Waals surface area contributed by atoms with Crippen LogP contribution in [0.15, 0.2) is 66.7 Å². The van der Waals surface area contributed by atoms with Gasteiger partial charge in [-0.3, -0.25) is 0 Å². The molecule has 4 bridgehead atoms. The minimum absolute atomic E-state index is 0.354. The van der Waals surface area contributed by atoms with Gasteiger partial charge in [-0.1, -0.05) is 30.3 Å². The Morgan fingerprint density at radius 1 is 0.947 bits per heavy atom. The number of benzene rings is 3. The second-order valence-electron chi connectivity index (χ2n) is 12.0. The lowest BCUT2D eigenvalue weighted by atomic mass is 9.59. The third kappa shape index (κ3) is 3.91. The zero-order valence-electron chi connectivity index (χ0n) is 22.2. The molecule has 0 saturated heterocycles. The number of hydrogen-bond donors (Lipinski definition) is 1. The third-order valence-electron chi connectivity index (χ3n) is 9.60. The number of fused-ring (bicyclic) bond motifs is 2. The number of anilines is 2. The monoisotopic (exact) mass is 505 g/mol. The molecule has 3 aromatic carbocycles. The Morgan fingerprint density at radius 2 is 1.68 bits per heavy atom. The van der Waals surface area contributed by atoms with Crippen molar-refractivity contribution in [1.29, 1.82) is 0 Å². The molecule has 38 heavy (non-hydrogen) atoms. The summed E-state index contributed by atoms with van der Waals surface area (Å²) in [7, 11) is 3.35. The first-order valence-electron chi connectivity index (χ1n) is 14.0. The van der Waals surface area contributed by atoms with Gasteiger partial charge in [-0.15, -0.1) is 0 Å². The van der Waals surface area contributed by atoms with Crippen LogP contribution in [-0.2, 0) is 17.2 Å². The van der Waals surface area contributed by atoms with Crippen LogP contribution in [0.2, 0.25) is 0 Å². The number of ether oxygens (including phenoxy) is 1. The maximum atomic E-state index is 12.3. The number of nitrogens with zero attached hydrogens (tertiary/aromatic N) is 2. The highest BCUT2D eigenvalue weighted by molar-refractivity contribution is 6.03. The highest BCUT2D eigenvalue weighted by Crippen LogP contribution is 2.58. The Balaban J connectivity index is 1.15. The van der Waals surface area contributed by atoms with E-state index in [9.17, 15) is 4.79 Å². The predicted octanol–water partition coefficient (Wildman–Crippen LogP) is 7.63. The van der Waals surface area contributed by atoms with Crippen molar-refractivity contribution in [2.75, 3.05) is 12.4 Å². The van der Waals surface area contributed by atoms with Crippen molar-refractivity contribution in [1.82, 2.24) is 9.55 Å². The lowest BCUT2D eigenvalue weighted by Crippen LogP contribution is -2.37. The van der Waals surface area contributed by atoms with E-state index in [2.05, 4.69) is 47.8 Å². The molecule has 0 aliphatic heterocycles. The number of methoxy groups -OCH3 is 1. The lowest BCUT2D eigenvalue weighted by molar-refractivity contribution is 0.0602. The molecular formula is C33H35N3O2. The van der Waals surface area contributed by atoms with Gasteiger partial charge < -0.3 is 14.6 Å². The van der Waals surface area contributed by atoms with Crippen molar-refractivity contribution in [3.05, 3.63) is 77.9 Å². The van der Waals surface area contributed by atoms with Crippen LogP contribution in [-0.4, -0.2) is 22.6 Å². The van der Waals surface area contributed by atoms with Gasteiger partial charge in [0.05, 0.1) is 23.7 Å². The molecule has 4 fully saturated rings. The van der Waals surface area contributed by atoms with Crippen molar-refractivity contribution in [2.24, 2.45) is 24.8 Å². The van der Waals surface area contributed by atoms with E-state index in [0.29, 0.717) is 11.0 Å². The third-order valence-corrected chi connectivity index (χ3v) is 9.60. The number of aryl methyl sites for hydroxylation is 1. The van der Waals surface area contributed by atoms with E-state index in [1.54, 1.807) is 11.6 Å². The average Bonchev–Trinajstić information content (AvgIpc) is 3.14. The summed E-state index contributed by atoms with van der Waals surface area (Å²) in [6.45, 7) is 0. The van der Waals surface area contributed by atoms with Crippen molar-refractivity contribution in [2.45, 2.75) is 50.4 Å². The fourth-order valence-electron chi connectivity index (χ4n) is 8.14. The summed E-state index contributed by atoms with van der Waals surface area (Å²) >= 11 is 0. The molecule has 5 nitrogen and oxygen atoms in total. The topological polar surface area (TPSA) is 56.1 Å². The first kappa shape index (κ1) is 23.5. The zero-order valence-corrected chi connectivity index (χ0v) is 22.2. The fraction of sp³-hybridized carbons (Fsp3) is 0.394. The molecule has 4 aliphatic rings. The molecule has 0 radical (unpaired) electrons. The first-order chi connectivity index (χ1) is 18.5. The number of imidazole rings is 1. The van der Waals surface area contributed by atoms with Gasteiger partial charge in [0.2, 0.25) is 0 Å². The number of nitrogens with one attached hydrogen (secondary N) is 1. The molecule has 0 amide bonds. The summed E-state index contributed by atoms with van der Waals surface area (Å²) in [4.78, 5) is 17.2. The van der Waals surface area contributed by atoms with E-state index in [1.165, 1.54) is 52.1 Å². The molecular weight excluding hydrogens is 470 g/mol. The Bertz CT molecular complexity index is 1510. The van der Waals surface area contributed by atoms with Crippen LogP contribution in [0.25, 0.3) is 22.4 Å². The van der Waals surface area contributed by atoms with Crippen LogP contribution in [0.5, 0.6) is 0 Å². The normalized spacial score (nSPS) is 25.9. The summed E-state index contributed by atoms with van der Waals surface area (Å²) in [5.74, 6) is 3.34. The summed E-state index contributed by atoms with van der Waals surface area (Å²) in [5.41, 5.74) is 7.15.